The molecule has 2 unspecified atom stereocenters. The molecule has 0 amide bonds. The van der Waals surface area contributed by atoms with Gasteiger partial charge in [-0.2, -0.15) is 0 Å². The summed E-state index contributed by atoms with van der Waals surface area (Å²) in [5.41, 5.74) is 6.33. The zero-order valence-corrected chi connectivity index (χ0v) is 16.6. The zero-order valence-electron chi connectivity index (χ0n) is 16.6. The van der Waals surface area contributed by atoms with Gasteiger partial charge in [0.2, 0.25) is 0 Å². The van der Waals surface area contributed by atoms with E-state index in [-0.39, 0.29) is 18.3 Å². The minimum Gasteiger partial charge on any atom is -0.402 e. The number of hydrogen-bond acceptors (Lipinski definition) is 5. The van der Waals surface area contributed by atoms with Crippen molar-refractivity contribution in [3.63, 3.8) is 0 Å². The number of rotatable bonds is 5. The second-order valence-corrected chi connectivity index (χ2v) is 7.86. The molecule has 1 saturated carbocycles. The summed E-state index contributed by atoms with van der Waals surface area (Å²) in [6, 6.07) is 1.17. The van der Waals surface area contributed by atoms with E-state index >= 15 is 0 Å². The highest BCUT2D eigenvalue weighted by molar-refractivity contribution is 5.63. The molecule has 1 saturated heterocycles. The van der Waals surface area contributed by atoms with Crippen molar-refractivity contribution in [2.24, 2.45) is 11.8 Å². The lowest BCUT2D eigenvalue weighted by molar-refractivity contribution is -0.274. The van der Waals surface area contributed by atoms with Crippen LogP contribution in [0.1, 0.15) is 32.0 Å². The average molecular weight is 433 g/mol. The van der Waals surface area contributed by atoms with E-state index in [1.165, 1.54) is 24.9 Å². The molecule has 1 aliphatic heterocycles. The number of nitrogen functional groups attached to an aromatic ring is 1. The minimum atomic E-state index is -4.81. The van der Waals surface area contributed by atoms with E-state index in [0.29, 0.717) is 11.3 Å². The van der Waals surface area contributed by atoms with Gasteiger partial charge in [-0.15, -0.1) is 13.2 Å². The Labute approximate surface area is 170 Å². The molecule has 3 heterocycles. The molecular weight excluding hydrogens is 409 g/mol. The quantitative estimate of drug-likeness (QED) is 0.688. The van der Waals surface area contributed by atoms with Crippen LogP contribution in [-0.4, -0.2) is 52.3 Å². The maximum Gasteiger partial charge on any atom is 0.573 e. The lowest BCUT2D eigenvalue weighted by atomic mass is 10.2. The van der Waals surface area contributed by atoms with E-state index in [4.69, 9.17) is 5.73 Å². The number of H-pyrrole nitrogens is 1. The second-order valence-electron chi connectivity index (χ2n) is 7.86. The van der Waals surface area contributed by atoms with E-state index in [1.54, 1.807) is 0 Å². The standard InChI is InChI=1S/C12H13F3N4O.C7H11F2N/c1-6(2)11-18-5-8(19-11)7-3-9(10(16)17-4-7)20-12(13,14)15;8-7(9)4-10-2-5-1-6(5)3-10/h3-6H,1-2H3,(H2,16,17)(H,18,19);5-7H,1-4H2. The van der Waals surface area contributed by atoms with Crippen LogP contribution in [0.25, 0.3) is 11.3 Å². The highest BCUT2D eigenvalue weighted by Gasteiger charge is 2.45. The molecule has 2 fully saturated rings. The third-order valence-corrected chi connectivity index (χ3v) is 5.01. The Morgan fingerprint density at radius 2 is 1.87 bits per heavy atom. The lowest BCUT2D eigenvalue weighted by Crippen LogP contribution is -2.28. The van der Waals surface area contributed by atoms with Gasteiger partial charge in [-0.1, -0.05) is 13.8 Å². The summed E-state index contributed by atoms with van der Waals surface area (Å²) in [7, 11) is 0. The number of alkyl halides is 5. The smallest absolute Gasteiger partial charge is 0.402 e. The summed E-state index contributed by atoms with van der Waals surface area (Å²) in [6.07, 6.45) is -2.78. The van der Waals surface area contributed by atoms with Crippen LogP contribution >= 0.6 is 0 Å². The lowest BCUT2D eigenvalue weighted by Gasteiger charge is -2.15. The molecule has 1 aliphatic carbocycles. The maximum absolute atomic E-state index is 12.2. The predicted octanol–water partition coefficient (Wildman–Crippen LogP) is 4.28. The molecule has 2 aromatic rings. The summed E-state index contributed by atoms with van der Waals surface area (Å²) >= 11 is 0. The number of fused-ring (bicyclic) bond motifs is 1. The van der Waals surface area contributed by atoms with Crippen LogP contribution < -0.4 is 10.5 Å². The van der Waals surface area contributed by atoms with E-state index in [0.717, 1.165) is 30.7 Å². The highest BCUT2D eigenvalue weighted by atomic mass is 19.4. The van der Waals surface area contributed by atoms with Crippen molar-refractivity contribution < 1.29 is 26.7 Å². The fraction of sp³-hybridized carbons (Fsp3) is 0.579. The minimum absolute atomic E-state index is 0.00694. The highest BCUT2D eigenvalue weighted by Crippen LogP contribution is 2.44. The molecule has 166 valence electrons. The first-order valence-corrected chi connectivity index (χ1v) is 9.59. The summed E-state index contributed by atoms with van der Waals surface area (Å²) < 4.78 is 64.1. The van der Waals surface area contributed by atoms with Crippen LogP contribution in [0.4, 0.5) is 27.8 Å². The van der Waals surface area contributed by atoms with Crippen molar-refractivity contribution in [2.45, 2.75) is 39.0 Å². The number of aromatic amines is 1. The van der Waals surface area contributed by atoms with Gasteiger partial charge < -0.3 is 15.5 Å². The third kappa shape index (κ3) is 6.04. The number of ether oxygens (including phenoxy) is 1. The molecule has 2 atom stereocenters. The predicted molar refractivity (Wildman–Crippen MR) is 101 cm³/mol. The van der Waals surface area contributed by atoms with Crippen LogP contribution in [0.15, 0.2) is 18.5 Å². The van der Waals surface area contributed by atoms with Gasteiger partial charge >= 0.3 is 6.36 Å². The fourth-order valence-electron chi connectivity index (χ4n) is 3.43. The fourth-order valence-corrected chi connectivity index (χ4v) is 3.43. The normalized spacial score (nSPS) is 20.8. The van der Waals surface area contributed by atoms with Crippen LogP contribution in [0.2, 0.25) is 0 Å². The molecular formula is C19H24F5N5O. The number of piperidine rings is 1. The van der Waals surface area contributed by atoms with Crippen molar-refractivity contribution in [1.29, 1.82) is 0 Å². The van der Waals surface area contributed by atoms with Crippen LogP contribution in [0.5, 0.6) is 5.75 Å². The van der Waals surface area contributed by atoms with E-state index in [1.807, 2.05) is 18.7 Å². The van der Waals surface area contributed by atoms with Crippen molar-refractivity contribution >= 4 is 5.82 Å². The molecule has 3 N–H and O–H groups in total. The van der Waals surface area contributed by atoms with Gasteiger partial charge in [-0.25, -0.2) is 18.7 Å². The zero-order chi connectivity index (χ0) is 22.1. The summed E-state index contributed by atoms with van der Waals surface area (Å²) in [5.74, 6) is 1.61. The number of nitrogens with one attached hydrogen (secondary N) is 1. The summed E-state index contributed by atoms with van der Waals surface area (Å²) in [5, 5.41) is 0. The van der Waals surface area contributed by atoms with E-state index in [9.17, 15) is 22.0 Å². The van der Waals surface area contributed by atoms with Crippen LogP contribution in [-0.2, 0) is 0 Å². The number of imidazole rings is 1. The van der Waals surface area contributed by atoms with Gasteiger partial charge in [0, 0.05) is 30.8 Å². The van der Waals surface area contributed by atoms with Crippen molar-refractivity contribution in [2.75, 3.05) is 25.4 Å². The van der Waals surface area contributed by atoms with E-state index < -0.39 is 18.5 Å². The largest absolute Gasteiger partial charge is 0.573 e. The van der Waals surface area contributed by atoms with Gasteiger partial charge in [-0.3, -0.25) is 4.90 Å². The SMILES string of the molecule is CC(C)c1ncc(-c2cnc(N)c(OC(F)(F)F)c2)[nH]1.FC(F)CN1CC2CC2C1. The van der Waals surface area contributed by atoms with Crippen LogP contribution in [0.3, 0.4) is 0 Å². The molecule has 4 rings (SSSR count). The Morgan fingerprint density at radius 1 is 1.20 bits per heavy atom. The number of nitrogens with two attached hydrogens (primary N) is 1. The molecule has 11 heteroatoms. The monoisotopic (exact) mass is 433 g/mol. The topological polar surface area (TPSA) is 80.1 Å². The van der Waals surface area contributed by atoms with Gasteiger partial charge in [0.05, 0.1) is 18.4 Å². The molecule has 2 aromatic heterocycles. The molecule has 6 nitrogen and oxygen atoms in total. The Hall–Kier alpha value is -2.43. The Balaban J connectivity index is 0.000000212. The Kier molecular flexibility index (Phi) is 6.49. The maximum atomic E-state index is 12.2. The number of nitrogens with zero attached hydrogens (tertiary/aromatic N) is 3. The number of anilines is 1. The number of likely N-dealkylation sites (tertiary alicyclic amines) is 1. The summed E-state index contributed by atoms with van der Waals surface area (Å²) in [4.78, 5) is 12.7. The van der Waals surface area contributed by atoms with Gasteiger partial charge in [0.25, 0.3) is 6.43 Å². The molecule has 2 aliphatic rings. The van der Waals surface area contributed by atoms with Gasteiger partial charge in [0.1, 0.15) is 5.82 Å². The Morgan fingerprint density at radius 3 is 2.40 bits per heavy atom. The first-order chi connectivity index (χ1) is 14.0. The summed E-state index contributed by atoms with van der Waals surface area (Å²) in [6.45, 7) is 5.74. The van der Waals surface area contributed by atoms with Gasteiger partial charge in [0.15, 0.2) is 11.6 Å². The number of pyridine rings is 1. The molecule has 0 spiro atoms. The first-order valence-electron chi connectivity index (χ1n) is 9.59. The molecule has 0 bridgehead atoms. The average Bonchev–Trinajstić information content (AvgIpc) is 3.04. The van der Waals surface area contributed by atoms with Gasteiger partial charge in [-0.05, 0) is 24.3 Å². The molecule has 0 radical (unpaired) electrons. The number of halogens is 5. The molecule has 30 heavy (non-hydrogen) atoms. The second kappa shape index (κ2) is 8.75. The Bertz CT molecular complexity index is 844. The first kappa shape index (κ1) is 22.3. The van der Waals surface area contributed by atoms with Crippen molar-refractivity contribution in [3.8, 4) is 17.0 Å². The van der Waals surface area contributed by atoms with E-state index in [2.05, 4.69) is 19.7 Å². The number of hydrogen-bond donors (Lipinski definition) is 2. The number of aromatic nitrogens is 3. The molecule has 0 aromatic carbocycles. The van der Waals surface area contributed by atoms with Crippen molar-refractivity contribution in [1.82, 2.24) is 19.9 Å². The third-order valence-electron chi connectivity index (χ3n) is 5.01. The van der Waals surface area contributed by atoms with Crippen LogP contribution in [0, 0.1) is 11.8 Å². The van der Waals surface area contributed by atoms with Crippen molar-refractivity contribution in [3.05, 3.63) is 24.3 Å².